The molecule has 2 N–H and O–H groups in total. The predicted molar refractivity (Wildman–Crippen MR) is 103 cm³/mol. The molecule has 1 aromatic heterocycles. The van der Waals surface area contributed by atoms with Crippen LogP contribution < -0.4 is 10.4 Å². The zero-order valence-electron chi connectivity index (χ0n) is 14.5. The van der Waals surface area contributed by atoms with Gasteiger partial charge < -0.3 is 10.0 Å². The van der Waals surface area contributed by atoms with Crippen molar-refractivity contribution in [3.63, 3.8) is 0 Å². The van der Waals surface area contributed by atoms with Gasteiger partial charge >= 0.3 is 7.12 Å². The molecule has 0 aliphatic heterocycles. The van der Waals surface area contributed by atoms with Gasteiger partial charge in [0, 0.05) is 19.2 Å². The highest BCUT2D eigenvalue weighted by atomic mass is 16.4. The van der Waals surface area contributed by atoms with Crippen LogP contribution in [0.1, 0.15) is 62.0 Å². The van der Waals surface area contributed by atoms with Crippen LogP contribution in [-0.2, 0) is 4.79 Å². The third kappa shape index (κ3) is 8.72. The first-order valence-corrected chi connectivity index (χ1v) is 7.45. The summed E-state index contributed by atoms with van der Waals surface area (Å²) in [6.07, 6.45) is 1.46. The summed E-state index contributed by atoms with van der Waals surface area (Å²) in [5.74, 6) is 0.253. The Morgan fingerprint density at radius 2 is 1.61 bits per heavy atom. The van der Waals surface area contributed by atoms with Gasteiger partial charge in [0.1, 0.15) is 5.82 Å². The number of hydrogen-bond donors (Lipinski definition) is 2. The van der Waals surface area contributed by atoms with Crippen molar-refractivity contribution in [3.05, 3.63) is 17.8 Å². The fraction of sp³-hybridized carbons (Fsp3) is 0.647. The molecule has 0 bridgehead atoms. The second kappa shape index (κ2) is 15.5. The Morgan fingerprint density at radius 1 is 1.17 bits per heavy atom. The highest BCUT2D eigenvalue weighted by molar-refractivity contribution is 6.59. The molecule has 1 heterocycles. The Labute approximate surface area is 143 Å². The van der Waals surface area contributed by atoms with Crippen molar-refractivity contribution in [2.24, 2.45) is 5.92 Å². The molecule has 0 radical (unpaired) electrons. The minimum Gasteiger partial charge on any atom is -0.423 e. The van der Waals surface area contributed by atoms with Gasteiger partial charge in [0.15, 0.2) is 0 Å². The largest absolute Gasteiger partial charge is 0.488 e. The molecular formula is C17H37BN2O3. The van der Waals surface area contributed by atoms with E-state index in [1.807, 2.05) is 27.7 Å². The van der Waals surface area contributed by atoms with Crippen LogP contribution in [0, 0.1) is 12.8 Å². The number of pyridine rings is 1. The number of aromatic nitrogens is 1. The summed E-state index contributed by atoms with van der Waals surface area (Å²) in [7, 11) is 0.0740. The number of carbonyl (C=O) groups excluding carboxylic acids is 1. The van der Waals surface area contributed by atoms with Gasteiger partial charge in [-0.1, -0.05) is 56.4 Å². The van der Waals surface area contributed by atoms with Gasteiger partial charge in [0.05, 0.1) is 0 Å². The van der Waals surface area contributed by atoms with Crippen molar-refractivity contribution in [3.8, 4) is 0 Å². The first-order valence-electron chi connectivity index (χ1n) is 7.45. The third-order valence-electron chi connectivity index (χ3n) is 2.64. The molecule has 0 aliphatic carbocycles. The van der Waals surface area contributed by atoms with Crippen LogP contribution in [-0.4, -0.2) is 35.1 Å². The Balaban J connectivity index is -0.000000278. The van der Waals surface area contributed by atoms with Crippen molar-refractivity contribution in [2.75, 3.05) is 11.9 Å². The molecule has 1 amide bonds. The second-order valence-corrected chi connectivity index (χ2v) is 4.27. The fourth-order valence-corrected chi connectivity index (χ4v) is 1.65. The van der Waals surface area contributed by atoms with Crippen LogP contribution in [0.25, 0.3) is 0 Å². The number of carbonyl (C=O) groups is 1. The molecule has 0 aliphatic rings. The second-order valence-electron chi connectivity index (χ2n) is 4.27. The van der Waals surface area contributed by atoms with Crippen molar-refractivity contribution < 1.29 is 14.8 Å². The van der Waals surface area contributed by atoms with Gasteiger partial charge in [-0.2, -0.15) is 0 Å². The van der Waals surface area contributed by atoms with E-state index in [2.05, 4.69) is 4.98 Å². The summed E-state index contributed by atoms with van der Waals surface area (Å²) in [5, 5.41) is 18.4. The molecule has 0 spiro atoms. The number of rotatable bonds is 3. The number of nitrogens with zero attached hydrogens (tertiary/aromatic N) is 2. The summed E-state index contributed by atoms with van der Waals surface area (Å²) < 4.78 is 0. The first-order chi connectivity index (χ1) is 9.86. The Bertz CT molecular complexity index is 424. The van der Waals surface area contributed by atoms with E-state index in [1.54, 1.807) is 27.8 Å². The lowest BCUT2D eigenvalue weighted by molar-refractivity contribution is -0.121. The van der Waals surface area contributed by atoms with Crippen molar-refractivity contribution >= 4 is 24.3 Å². The molecule has 0 saturated heterocycles. The zero-order chi connectivity index (χ0) is 17.2. The topological polar surface area (TPSA) is 73.7 Å². The van der Waals surface area contributed by atoms with E-state index in [-0.39, 0.29) is 26.7 Å². The monoisotopic (exact) mass is 328 g/mol. The highest BCUT2D eigenvalue weighted by Gasteiger charge is 2.22. The molecule has 0 saturated carbocycles. The molecule has 0 unspecified atom stereocenters. The minimum atomic E-state index is -1.56. The zero-order valence-corrected chi connectivity index (χ0v) is 14.5. The van der Waals surface area contributed by atoms with Gasteiger partial charge in [-0.25, -0.2) is 4.98 Å². The lowest BCUT2D eigenvalue weighted by Crippen LogP contribution is -2.37. The fourth-order valence-electron chi connectivity index (χ4n) is 1.65. The first kappa shape index (κ1) is 29.6. The SMILES string of the molecule is C.C.CC.CC.Cc1c(B(O)O)ccnc1N(C)C(=O)C(C)C. The van der Waals surface area contributed by atoms with Crippen LogP contribution >= 0.6 is 0 Å². The van der Waals surface area contributed by atoms with E-state index in [0.29, 0.717) is 16.8 Å². The van der Waals surface area contributed by atoms with Gasteiger partial charge in [-0.15, -0.1) is 0 Å². The van der Waals surface area contributed by atoms with E-state index in [4.69, 9.17) is 0 Å². The molecule has 136 valence electrons. The molecule has 5 nitrogen and oxygen atoms in total. The summed E-state index contributed by atoms with van der Waals surface area (Å²) in [4.78, 5) is 17.4. The van der Waals surface area contributed by atoms with Crippen LogP contribution in [0.2, 0.25) is 0 Å². The minimum absolute atomic E-state index is 0. The average molecular weight is 328 g/mol. The predicted octanol–water partition coefficient (Wildman–Crippen LogP) is 3.01. The molecular weight excluding hydrogens is 291 g/mol. The van der Waals surface area contributed by atoms with Crippen LogP contribution in [0.3, 0.4) is 0 Å². The normalized spacial score (nSPS) is 8.30. The Morgan fingerprint density at radius 3 is 1.96 bits per heavy atom. The smallest absolute Gasteiger partial charge is 0.423 e. The van der Waals surface area contributed by atoms with E-state index in [0.717, 1.165) is 0 Å². The number of anilines is 1. The van der Waals surface area contributed by atoms with E-state index in [9.17, 15) is 14.8 Å². The molecule has 0 aromatic carbocycles. The quantitative estimate of drug-likeness (QED) is 0.837. The van der Waals surface area contributed by atoms with E-state index >= 15 is 0 Å². The van der Waals surface area contributed by atoms with E-state index < -0.39 is 7.12 Å². The lowest BCUT2D eigenvalue weighted by atomic mass is 9.78. The third-order valence-corrected chi connectivity index (χ3v) is 2.64. The Hall–Kier alpha value is -1.40. The van der Waals surface area contributed by atoms with Gasteiger partial charge in [0.25, 0.3) is 0 Å². The van der Waals surface area contributed by atoms with Crippen LogP contribution in [0.15, 0.2) is 12.3 Å². The summed E-state index contributed by atoms with van der Waals surface area (Å²) in [6, 6.07) is 1.52. The van der Waals surface area contributed by atoms with Gasteiger partial charge in [-0.3, -0.25) is 9.69 Å². The van der Waals surface area contributed by atoms with Crippen molar-refractivity contribution in [1.29, 1.82) is 0 Å². The van der Waals surface area contributed by atoms with Crippen molar-refractivity contribution in [2.45, 2.75) is 63.3 Å². The molecule has 1 rings (SSSR count). The lowest BCUT2D eigenvalue weighted by Gasteiger charge is -2.21. The number of hydrogen-bond acceptors (Lipinski definition) is 4. The molecule has 23 heavy (non-hydrogen) atoms. The van der Waals surface area contributed by atoms with Crippen LogP contribution in [0.5, 0.6) is 0 Å². The molecule has 0 fully saturated rings. The number of amides is 1. The maximum atomic E-state index is 11.8. The maximum absolute atomic E-state index is 11.8. The Kier molecular flexibility index (Phi) is 19.9. The molecule has 0 atom stereocenters. The summed E-state index contributed by atoms with van der Waals surface area (Å²) in [6.45, 7) is 13.3. The summed E-state index contributed by atoms with van der Waals surface area (Å²) >= 11 is 0. The van der Waals surface area contributed by atoms with E-state index in [1.165, 1.54) is 17.2 Å². The molecule has 1 aromatic rings. The van der Waals surface area contributed by atoms with Crippen LogP contribution in [0.4, 0.5) is 5.82 Å². The average Bonchev–Trinajstić information content (AvgIpc) is 2.49. The highest BCUT2D eigenvalue weighted by Crippen LogP contribution is 2.15. The maximum Gasteiger partial charge on any atom is 0.488 e. The molecule has 6 heteroatoms. The standard InChI is InChI=1S/C11H17BN2O3.2C2H6.2CH4/c1-7(2)11(15)14(4)10-8(3)9(12(16)17)5-6-13-10;2*1-2;;/h5-7,16-17H,1-4H3;2*1-2H3;2*1H4. The van der Waals surface area contributed by atoms with Gasteiger partial charge in [-0.05, 0) is 24.0 Å². The van der Waals surface area contributed by atoms with Gasteiger partial charge in [0.2, 0.25) is 5.91 Å². The van der Waals surface area contributed by atoms with Crippen molar-refractivity contribution in [1.82, 2.24) is 4.98 Å². The summed E-state index contributed by atoms with van der Waals surface area (Å²) in [5.41, 5.74) is 0.956.